The van der Waals surface area contributed by atoms with E-state index in [-0.39, 0.29) is 22.9 Å². The van der Waals surface area contributed by atoms with Crippen LogP contribution in [0.1, 0.15) is 73.6 Å². The van der Waals surface area contributed by atoms with Crippen molar-refractivity contribution >= 4 is 0 Å². The van der Waals surface area contributed by atoms with Crippen LogP contribution in [0.4, 0.5) is 0 Å². The van der Waals surface area contributed by atoms with Gasteiger partial charge in [-0.15, -0.1) is 0 Å². The SMILES string of the molecule is CC(C)(C)C1CCC2(O)CC(C(C)(C)C)CC2C(O)C1. The number of rotatable bonds is 0. The van der Waals surface area contributed by atoms with E-state index in [2.05, 4.69) is 41.5 Å². The molecule has 2 aliphatic carbocycles. The van der Waals surface area contributed by atoms with Crippen LogP contribution in [0.5, 0.6) is 0 Å². The molecule has 2 rings (SSSR count). The molecular weight excluding hydrogens is 248 g/mol. The third-order valence-electron chi connectivity index (χ3n) is 6.19. The number of fused-ring (bicyclic) bond motifs is 1. The highest BCUT2D eigenvalue weighted by Gasteiger charge is 2.53. The van der Waals surface area contributed by atoms with Crippen molar-refractivity contribution in [3.8, 4) is 0 Å². The van der Waals surface area contributed by atoms with E-state index in [4.69, 9.17) is 0 Å². The molecule has 0 bridgehead atoms. The Labute approximate surface area is 125 Å². The molecule has 2 fully saturated rings. The molecule has 0 spiro atoms. The number of hydrogen-bond acceptors (Lipinski definition) is 2. The topological polar surface area (TPSA) is 40.5 Å². The van der Waals surface area contributed by atoms with E-state index in [0.717, 1.165) is 32.1 Å². The van der Waals surface area contributed by atoms with Crippen LogP contribution in [-0.4, -0.2) is 21.9 Å². The minimum atomic E-state index is -0.628. The van der Waals surface area contributed by atoms with Crippen molar-refractivity contribution in [1.29, 1.82) is 0 Å². The summed E-state index contributed by atoms with van der Waals surface area (Å²) >= 11 is 0. The molecule has 0 aromatic rings. The van der Waals surface area contributed by atoms with E-state index in [0.29, 0.717) is 11.8 Å². The predicted molar refractivity (Wildman–Crippen MR) is 83.4 cm³/mol. The standard InChI is InChI=1S/C18H34O2/c1-16(2,3)12-7-8-18(20)11-13(17(4,5)6)9-14(18)15(19)10-12/h12-15,19-20H,7-11H2,1-6H3. The maximum absolute atomic E-state index is 11.1. The highest BCUT2D eigenvalue weighted by molar-refractivity contribution is 5.04. The Morgan fingerprint density at radius 1 is 0.900 bits per heavy atom. The summed E-state index contributed by atoms with van der Waals surface area (Å²) in [7, 11) is 0. The van der Waals surface area contributed by atoms with Gasteiger partial charge >= 0.3 is 0 Å². The van der Waals surface area contributed by atoms with Gasteiger partial charge in [-0.2, -0.15) is 0 Å². The lowest BCUT2D eigenvalue weighted by Crippen LogP contribution is -2.38. The van der Waals surface area contributed by atoms with Crippen LogP contribution in [0.15, 0.2) is 0 Å². The van der Waals surface area contributed by atoms with E-state index >= 15 is 0 Å². The van der Waals surface area contributed by atoms with Crippen LogP contribution in [0.25, 0.3) is 0 Å². The van der Waals surface area contributed by atoms with E-state index in [1.54, 1.807) is 0 Å². The number of aliphatic hydroxyl groups is 2. The molecule has 2 saturated carbocycles. The molecule has 2 N–H and O–H groups in total. The van der Waals surface area contributed by atoms with Gasteiger partial charge in [0.15, 0.2) is 0 Å². The van der Waals surface area contributed by atoms with Gasteiger partial charge in [0.2, 0.25) is 0 Å². The van der Waals surface area contributed by atoms with Gasteiger partial charge in [0.1, 0.15) is 0 Å². The highest BCUT2D eigenvalue weighted by atomic mass is 16.3. The Kier molecular flexibility index (Phi) is 4.06. The summed E-state index contributed by atoms with van der Waals surface area (Å²) in [5.74, 6) is 1.12. The zero-order valence-corrected chi connectivity index (χ0v) is 14.2. The fraction of sp³-hybridized carbons (Fsp3) is 1.00. The third-order valence-corrected chi connectivity index (χ3v) is 6.19. The Hall–Kier alpha value is -0.0800. The highest BCUT2D eigenvalue weighted by Crippen LogP contribution is 2.54. The minimum absolute atomic E-state index is 0.0825. The first kappa shape index (κ1) is 16.3. The molecule has 2 nitrogen and oxygen atoms in total. The zero-order chi connectivity index (χ0) is 15.3. The number of aliphatic hydroxyl groups excluding tert-OH is 1. The van der Waals surface area contributed by atoms with Crippen LogP contribution >= 0.6 is 0 Å². The first-order valence-electron chi connectivity index (χ1n) is 8.34. The van der Waals surface area contributed by atoms with Crippen LogP contribution < -0.4 is 0 Å². The molecule has 0 saturated heterocycles. The van der Waals surface area contributed by atoms with Crippen molar-refractivity contribution in [2.45, 2.75) is 85.4 Å². The van der Waals surface area contributed by atoms with Gasteiger partial charge in [0.05, 0.1) is 11.7 Å². The molecule has 118 valence electrons. The molecule has 0 aromatic carbocycles. The fourth-order valence-electron chi connectivity index (χ4n) is 4.43. The van der Waals surface area contributed by atoms with Gasteiger partial charge in [-0.05, 0) is 54.8 Å². The third kappa shape index (κ3) is 3.06. The summed E-state index contributed by atoms with van der Waals surface area (Å²) in [5.41, 5.74) is -0.179. The molecule has 5 unspecified atom stereocenters. The lowest BCUT2D eigenvalue weighted by atomic mass is 9.74. The van der Waals surface area contributed by atoms with Gasteiger partial charge in [-0.3, -0.25) is 0 Å². The largest absolute Gasteiger partial charge is 0.393 e. The lowest BCUT2D eigenvalue weighted by molar-refractivity contribution is -0.0503. The second kappa shape index (κ2) is 4.98. The molecule has 0 amide bonds. The minimum Gasteiger partial charge on any atom is -0.393 e. The first-order chi connectivity index (χ1) is 8.93. The summed E-state index contributed by atoms with van der Waals surface area (Å²) in [6.45, 7) is 13.6. The second-order valence-corrected chi connectivity index (χ2v) is 9.62. The monoisotopic (exact) mass is 282 g/mol. The van der Waals surface area contributed by atoms with Gasteiger partial charge < -0.3 is 10.2 Å². The average Bonchev–Trinajstić information content (AvgIpc) is 2.55. The Balaban J connectivity index is 2.17. The maximum Gasteiger partial charge on any atom is 0.0703 e. The van der Waals surface area contributed by atoms with E-state index in [1.165, 1.54) is 0 Å². The summed E-state index contributed by atoms with van der Waals surface area (Å²) in [6.07, 6.45) is 4.28. The van der Waals surface area contributed by atoms with E-state index in [1.807, 2.05) is 0 Å². The molecule has 0 heterocycles. The molecule has 5 atom stereocenters. The smallest absolute Gasteiger partial charge is 0.0703 e. The molecule has 0 radical (unpaired) electrons. The predicted octanol–water partition coefficient (Wildman–Crippen LogP) is 4.00. The van der Waals surface area contributed by atoms with Crippen molar-refractivity contribution in [1.82, 2.24) is 0 Å². The van der Waals surface area contributed by atoms with E-state index in [9.17, 15) is 10.2 Å². The zero-order valence-electron chi connectivity index (χ0n) is 14.2. The van der Waals surface area contributed by atoms with Crippen molar-refractivity contribution in [3.05, 3.63) is 0 Å². The second-order valence-electron chi connectivity index (χ2n) is 9.62. The van der Waals surface area contributed by atoms with Crippen molar-refractivity contribution in [2.75, 3.05) is 0 Å². The number of hydrogen-bond donors (Lipinski definition) is 2. The summed E-state index contributed by atoms with van der Waals surface area (Å²) < 4.78 is 0. The Morgan fingerprint density at radius 2 is 1.45 bits per heavy atom. The molecule has 0 aromatic heterocycles. The first-order valence-corrected chi connectivity index (χ1v) is 8.34. The van der Waals surface area contributed by atoms with Gasteiger partial charge in [0, 0.05) is 5.92 Å². The van der Waals surface area contributed by atoms with Gasteiger partial charge in [0.25, 0.3) is 0 Å². The lowest BCUT2D eigenvalue weighted by Gasteiger charge is -2.32. The Bertz CT molecular complexity index is 337. The molecule has 0 aliphatic heterocycles. The summed E-state index contributed by atoms with van der Waals surface area (Å²) in [5, 5.41) is 21.8. The molecular formula is C18H34O2. The van der Waals surface area contributed by atoms with Crippen LogP contribution in [-0.2, 0) is 0 Å². The quantitative estimate of drug-likeness (QED) is 0.705. The normalized spacial score (nSPS) is 43.2. The van der Waals surface area contributed by atoms with Crippen LogP contribution in [0.3, 0.4) is 0 Å². The molecule has 2 heteroatoms. The van der Waals surface area contributed by atoms with Crippen molar-refractivity contribution < 1.29 is 10.2 Å². The van der Waals surface area contributed by atoms with E-state index < -0.39 is 5.60 Å². The molecule has 20 heavy (non-hydrogen) atoms. The van der Waals surface area contributed by atoms with Gasteiger partial charge in [-0.25, -0.2) is 0 Å². The fourth-order valence-corrected chi connectivity index (χ4v) is 4.43. The average molecular weight is 282 g/mol. The van der Waals surface area contributed by atoms with Crippen molar-refractivity contribution in [3.63, 3.8) is 0 Å². The Morgan fingerprint density at radius 3 is 1.95 bits per heavy atom. The van der Waals surface area contributed by atoms with Crippen LogP contribution in [0, 0.1) is 28.6 Å². The summed E-state index contributed by atoms with van der Waals surface area (Å²) in [4.78, 5) is 0. The maximum atomic E-state index is 11.1. The molecule has 2 aliphatic rings. The summed E-state index contributed by atoms with van der Waals surface area (Å²) in [6, 6.07) is 0. The van der Waals surface area contributed by atoms with Gasteiger partial charge in [-0.1, -0.05) is 41.5 Å². The van der Waals surface area contributed by atoms with Crippen LogP contribution in [0.2, 0.25) is 0 Å². The van der Waals surface area contributed by atoms with Crippen molar-refractivity contribution in [2.24, 2.45) is 28.6 Å².